The Bertz CT molecular complexity index is 427. The lowest BCUT2D eigenvalue weighted by Crippen LogP contribution is -2.41. The molecule has 1 heterocycles. The molecule has 1 aromatic heterocycles. The monoisotopic (exact) mass is 236 g/mol. The number of carboxylic acids is 1. The van der Waals surface area contributed by atoms with Gasteiger partial charge in [-0.25, -0.2) is 9.78 Å². The summed E-state index contributed by atoms with van der Waals surface area (Å²) < 4.78 is 0. The second kappa shape index (κ2) is 4.73. The quantitative estimate of drug-likeness (QED) is 0.873. The Morgan fingerprint density at radius 3 is 2.53 bits per heavy atom. The van der Waals surface area contributed by atoms with Crippen molar-refractivity contribution in [2.75, 3.05) is 11.9 Å². The number of aryl methyl sites for hydroxylation is 1. The molecule has 0 saturated heterocycles. The van der Waals surface area contributed by atoms with Gasteiger partial charge in [0.05, 0.1) is 5.56 Å². The van der Waals surface area contributed by atoms with Gasteiger partial charge in [0.1, 0.15) is 5.82 Å². The van der Waals surface area contributed by atoms with Crippen molar-refractivity contribution < 1.29 is 9.90 Å². The number of anilines is 1. The Labute approximate surface area is 102 Å². The zero-order valence-corrected chi connectivity index (χ0v) is 11.1. The van der Waals surface area contributed by atoms with Gasteiger partial charge < -0.3 is 10.0 Å². The van der Waals surface area contributed by atoms with Crippen LogP contribution in [0.3, 0.4) is 0 Å². The number of nitrogens with zero attached hydrogens (tertiary/aromatic N) is 2. The van der Waals surface area contributed by atoms with Crippen molar-refractivity contribution in [3.8, 4) is 0 Å². The molecular weight excluding hydrogens is 216 g/mol. The molecule has 0 aromatic carbocycles. The minimum atomic E-state index is -0.917. The fourth-order valence-corrected chi connectivity index (χ4v) is 1.49. The predicted molar refractivity (Wildman–Crippen MR) is 68.7 cm³/mol. The zero-order chi connectivity index (χ0) is 13.2. The summed E-state index contributed by atoms with van der Waals surface area (Å²) in [4.78, 5) is 17.4. The minimum absolute atomic E-state index is 0.0451. The van der Waals surface area contributed by atoms with Crippen LogP contribution in [0.5, 0.6) is 0 Å². The standard InChI is InChI=1S/C13H20N2O2/c1-6-13(3,4)15(5)11-8-10(12(16)17)7-9(2)14-11/h7-8H,6H2,1-5H3,(H,16,17). The lowest BCUT2D eigenvalue weighted by Gasteiger charge is -2.36. The highest BCUT2D eigenvalue weighted by Gasteiger charge is 2.23. The van der Waals surface area contributed by atoms with Crippen LogP contribution in [0.2, 0.25) is 0 Å². The van der Waals surface area contributed by atoms with Crippen molar-refractivity contribution in [2.24, 2.45) is 0 Å². The summed E-state index contributed by atoms with van der Waals surface area (Å²) in [6.45, 7) is 8.13. The molecule has 17 heavy (non-hydrogen) atoms. The van der Waals surface area contributed by atoms with Gasteiger partial charge >= 0.3 is 5.97 Å². The van der Waals surface area contributed by atoms with Crippen molar-refractivity contribution in [3.05, 3.63) is 23.4 Å². The molecule has 4 heteroatoms. The van der Waals surface area contributed by atoms with E-state index in [-0.39, 0.29) is 11.1 Å². The molecule has 94 valence electrons. The third kappa shape index (κ3) is 2.96. The van der Waals surface area contributed by atoms with Gasteiger partial charge in [0.15, 0.2) is 0 Å². The summed E-state index contributed by atoms with van der Waals surface area (Å²) in [5, 5.41) is 9.03. The second-order valence-corrected chi connectivity index (χ2v) is 4.89. The van der Waals surface area contributed by atoms with E-state index in [0.29, 0.717) is 5.82 Å². The molecule has 4 nitrogen and oxygen atoms in total. The van der Waals surface area contributed by atoms with Crippen LogP contribution < -0.4 is 4.90 Å². The number of carbonyl (C=O) groups is 1. The summed E-state index contributed by atoms with van der Waals surface area (Å²) >= 11 is 0. The van der Waals surface area contributed by atoms with Gasteiger partial charge in [0.2, 0.25) is 0 Å². The fourth-order valence-electron chi connectivity index (χ4n) is 1.49. The first-order valence-corrected chi connectivity index (χ1v) is 5.73. The van der Waals surface area contributed by atoms with Gasteiger partial charge in [-0.1, -0.05) is 6.92 Å². The Morgan fingerprint density at radius 1 is 1.47 bits per heavy atom. The number of hydrogen-bond donors (Lipinski definition) is 1. The van der Waals surface area contributed by atoms with Crippen molar-refractivity contribution in [1.29, 1.82) is 0 Å². The summed E-state index contributed by atoms with van der Waals surface area (Å²) in [6, 6.07) is 3.20. The van der Waals surface area contributed by atoms with Crippen molar-refractivity contribution in [3.63, 3.8) is 0 Å². The topological polar surface area (TPSA) is 53.4 Å². The van der Waals surface area contributed by atoms with Crippen molar-refractivity contribution in [1.82, 2.24) is 4.98 Å². The van der Waals surface area contributed by atoms with Crippen LogP contribution in [0.25, 0.3) is 0 Å². The van der Waals surface area contributed by atoms with E-state index in [1.807, 2.05) is 18.9 Å². The molecule has 1 aromatic rings. The Morgan fingerprint density at radius 2 is 2.06 bits per heavy atom. The van der Waals surface area contributed by atoms with Crippen molar-refractivity contribution in [2.45, 2.75) is 39.7 Å². The molecule has 0 aliphatic rings. The van der Waals surface area contributed by atoms with Gasteiger partial charge in [-0.2, -0.15) is 0 Å². The first-order chi connectivity index (χ1) is 7.77. The summed E-state index contributed by atoms with van der Waals surface area (Å²) in [7, 11) is 1.94. The summed E-state index contributed by atoms with van der Waals surface area (Å²) in [6.07, 6.45) is 0.960. The van der Waals surface area contributed by atoms with Crippen LogP contribution in [0, 0.1) is 6.92 Å². The van der Waals surface area contributed by atoms with Crippen LogP contribution in [-0.4, -0.2) is 28.6 Å². The number of aromatic nitrogens is 1. The summed E-state index contributed by atoms with van der Waals surface area (Å²) in [5.41, 5.74) is 0.959. The lowest BCUT2D eigenvalue weighted by atomic mass is 10.00. The Balaban J connectivity index is 3.18. The fraction of sp³-hybridized carbons (Fsp3) is 0.538. The van der Waals surface area contributed by atoms with Gasteiger partial charge in [0.25, 0.3) is 0 Å². The molecular formula is C13H20N2O2. The number of aromatic carboxylic acids is 1. The molecule has 0 amide bonds. The molecule has 0 atom stereocenters. The van der Waals surface area contributed by atoms with Gasteiger partial charge in [-0.15, -0.1) is 0 Å². The Kier molecular flexibility index (Phi) is 3.76. The molecule has 0 bridgehead atoms. The average Bonchev–Trinajstić information content (AvgIpc) is 2.27. The van der Waals surface area contributed by atoms with Crippen LogP contribution in [0.1, 0.15) is 43.2 Å². The van der Waals surface area contributed by atoms with Crippen LogP contribution in [-0.2, 0) is 0 Å². The molecule has 0 spiro atoms. The first kappa shape index (κ1) is 13.5. The molecule has 1 rings (SSSR count). The van der Waals surface area contributed by atoms with E-state index in [9.17, 15) is 4.79 Å². The highest BCUT2D eigenvalue weighted by molar-refractivity contribution is 5.88. The second-order valence-electron chi connectivity index (χ2n) is 4.89. The third-order valence-electron chi connectivity index (χ3n) is 3.30. The average molecular weight is 236 g/mol. The zero-order valence-electron chi connectivity index (χ0n) is 11.1. The SMILES string of the molecule is CCC(C)(C)N(C)c1cc(C(=O)O)cc(C)n1. The molecule has 0 radical (unpaired) electrons. The molecule has 0 aliphatic heterocycles. The molecule has 0 aliphatic carbocycles. The number of rotatable bonds is 4. The maximum absolute atomic E-state index is 11.0. The van der Waals surface area contributed by atoms with E-state index in [1.54, 1.807) is 12.1 Å². The molecule has 0 saturated carbocycles. The van der Waals surface area contributed by atoms with E-state index in [4.69, 9.17) is 5.11 Å². The predicted octanol–water partition coefficient (Wildman–Crippen LogP) is 2.71. The van der Waals surface area contributed by atoms with E-state index in [1.165, 1.54) is 0 Å². The normalized spacial score (nSPS) is 11.4. The van der Waals surface area contributed by atoms with E-state index >= 15 is 0 Å². The van der Waals surface area contributed by atoms with Crippen LogP contribution in [0.4, 0.5) is 5.82 Å². The largest absolute Gasteiger partial charge is 0.478 e. The smallest absolute Gasteiger partial charge is 0.335 e. The number of hydrogen-bond acceptors (Lipinski definition) is 3. The molecule has 1 N–H and O–H groups in total. The third-order valence-corrected chi connectivity index (χ3v) is 3.30. The first-order valence-electron chi connectivity index (χ1n) is 5.73. The maximum atomic E-state index is 11.0. The maximum Gasteiger partial charge on any atom is 0.335 e. The molecule has 0 unspecified atom stereocenters. The minimum Gasteiger partial charge on any atom is -0.478 e. The highest BCUT2D eigenvalue weighted by Crippen LogP contribution is 2.24. The van der Waals surface area contributed by atoms with Crippen molar-refractivity contribution >= 4 is 11.8 Å². The van der Waals surface area contributed by atoms with Crippen LogP contribution >= 0.6 is 0 Å². The Hall–Kier alpha value is -1.58. The molecule has 0 fully saturated rings. The highest BCUT2D eigenvalue weighted by atomic mass is 16.4. The number of carboxylic acid groups (broad SMARTS) is 1. The van der Waals surface area contributed by atoms with Gasteiger partial charge in [-0.05, 0) is 39.3 Å². The van der Waals surface area contributed by atoms with E-state index < -0.39 is 5.97 Å². The summed E-state index contributed by atoms with van der Waals surface area (Å²) in [5.74, 6) is -0.214. The number of pyridine rings is 1. The lowest BCUT2D eigenvalue weighted by molar-refractivity contribution is 0.0696. The van der Waals surface area contributed by atoms with E-state index in [0.717, 1.165) is 12.1 Å². The van der Waals surface area contributed by atoms with Gasteiger partial charge in [-0.3, -0.25) is 0 Å². The van der Waals surface area contributed by atoms with E-state index in [2.05, 4.69) is 25.8 Å². The van der Waals surface area contributed by atoms with Crippen LogP contribution in [0.15, 0.2) is 12.1 Å². The van der Waals surface area contributed by atoms with Gasteiger partial charge in [0, 0.05) is 18.3 Å².